The van der Waals surface area contributed by atoms with Gasteiger partial charge in [0.15, 0.2) is 11.6 Å². The largest absolute Gasteiger partial charge is 0.339 e. The molecular weight excluding hydrogens is 342 g/mol. The lowest BCUT2D eigenvalue weighted by Crippen LogP contribution is -2.11. The van der Waals surface area contributed by atoms with E-state index in [-0.39, 0.29) is 5.91 Å². The minimum absolute atomic E-state index is 0.182. The van der Waals surface area contributed by atoms with Gasteiger partial charge in [0.2, 0.25) is 0 Å². The average Bonchev–Trinajstić information content (AvgIpc) is 3.26. The molecule has 8 heteroatoms. The Labute approximate surface area is 154 Å². The number of anilines is 3. The topological polar surface area (TPSA) is 97.6 Å². The Morgan fingerprint density at radius 2 is 1.63 bits per heavy atom. The summed E-state index contributed by atoms with van der Waals surface area (Å²) in [6, 6.07) is 16.1. The molecule has 0 spiro atoms. The van der Waals surface area contributed by atoms with Gasteiger partial charge in [-0.15, -0.1) is 10.2 Å². The number of hydrogen-bond donors (Lipinski definition) is 2. The van der Waals surface area contributed by atoms with Crippen molar-refractivity contribution in [3.8, 4) is 5.82 Å². The van der Waals surface area contributed by atoms with Crippen molar-refractivity contribution in [1.82, 2.24) is 25.0 Å². The van der Waals surface area contributed by atoms with E-state index in [0.717, 1.165) is 5.69 Å². The van der Waals surface area contributed by atoms with Gasteiger partial charge in [0, 0.05) is 41.7 Å². The van der Waals surface area contributed by atoms with Gasteiger partial charge in [-0.3, -0.25) is 9.78 Å². The number of nitrogens with one attached hydrogen (secondary N) is 2. The van der Waals surface area contributed by atoms with Gasteiger partial charge >= 0.3 is 0 Å². The van der Waals surface area contributed by atoms with E-state index in [1.165, 1.54) is 0 Å². The lowest BCUT2D eigenvalue weighted by Gasteiger charge is -2.08. The lowest BCUT2D eigenvalue weighted by atomic mass is 10.2. The molecule has 1 amide bonds. The Balaban J connectivity index is 1.40. The van der Waals surface area contributed by atoms with Crippen molar-refractivity contribution in [2.75, 3.05) is 10.6 Å². The summed E-state index contributed by atoms with van der Waals surface area (Å²) in [7, 11) is 0. The Kier molecular flexibility index (Phi) is 4.52. The van der Waals surface area contributed by atoms with Gasteiger partial charge < -0.3 is 10.6 Å². The third-order valence-corrected chi connectivity index (χ3v) is 3.75. The normalized spacial score (nSPS) is 10.4. The minimum atomic E-state index is -0.182. The highest BCUT2D eigenvalue weighted by Gasteiger charge is 2.06. The van der Waals surface area contributed by atoms with Crippen molar-refractivity contribution in [1.29, 1.82) is 0 Å². The van der Waals surface area contributed by atoms with E-state index >= 15 is 0 Å². The second kappa shape index (κ2) is 7.44. The number of rotatable bonds is 5. The van der Waals surface area contributed by atoms with E-state index < -0.39 is 0 Å². The number of carbonyl (C=O) groups is 1. The summed E-state index contributed by atoms with van der Waals surface area (Å²) in [4.78, 5) is 16.0. The van der Waals surface area contributed by atoms with E-state index in [2.05, 4.69) is 30.9 Å². The van der Waals surface area contributed by atoms with Crippen molar-refractivity contribution in [2.45, 2.75) is 0 Å². The maximum Gasteiger partial charge on any atom is 0.255 e. The Morgan fingerprint density at radius 3 is 2.30 bits per heavy atom. The highest BCUT2D eigenvalue weighted by molar-refractivity contribution is 6.04. The Morgan fingerprint density at radius 1 is 0.852 bits per heavy atom. The van der Waals surface area contributed by atoms with E-state index in [4.69, 9.17) is 0 Å². The van der Waals surface area contributed by atoms with Gasteiger partial charge in [0.1, 0.15) is 0 Å². The number of amides is 1. The molecule has 4 rings (SSSR count). The van der Waals surface area contributed by atoms with Crippen LogP contribution in [-0.2, 0) is 0 Å². The SMILES string of the molecule is O=C(Nc1ccc(Nc2ccc(-n3cccn3)nn2)cc1)c1ccncc1. The standard InChI is InChI=1S/C19H15N7O/c27-19(14-8-11-20-12-9-14)23-16-4-2-15(3-5-16)22-17-6-7-18(25-24-17)26-13-1-10-21-26/h1-13H,(H,22,24)(H,23,27). The highest BCUT2D eigenvalue weighted by atomic mass is 16.1. The van der Waals surface area contributed by atoms with E-state index in [0.29, 0.717) is 22.9 Å². The zero-order chi connectivity index (χ0) is 18.5. The van der Waals surface area contributed by atoms with Crippen LogP contribution in [0, 0.1) is 0 Å². The van der Waals surface area contributed by atoms with Crippen LogP contribution in [0.4, 0.5) is 17.2 Å². The number of pyridine rings is 1. The summed E-state index contributed by atoms with van der Waals surface area (Å²) in [6.45, 7) is 0. The van der Waals surface area contributed by atoms with Crippen LogP contribution in [0.3, 0.4) is 0 Å². The number of benzene rings is 1. The van der Waals surface area contributed by atoms with Gasteiger partial charge in [0.05, 0.1) is 0 Å². The van der Waals surface area contributed by atoms with Crippen molar-refractivity contribution < 1.29 is 4.79 Å². The van der Waals surface area contributed by atoms with Crippen molar-refractivity contribution in [2.24, 2.45) is 0 Å². The molecule has 0 radical (unpaired) electrons. The lowest BCUT2D eigenvalue weighted by molar-refractivity contribution is 0.102. The fourth-order valence-corrected chi connectivity index (χ4v) is 2.41. The number of nitrogens with zero attached hydrogens (tertiary/aromatic N) is 5. The van der Waals surface area contributed by atoms with Gasteiger partial charge in [-0.05, 0) is 54.6 Å². The molecule has 1 aromatic carbocycles. The van der Waals surface area contributed by atoms with Gasteiger partial charge in [-0.2, -0.15) is 5.10 Å². The third-order valence-electron chi connectivity index (χ3n) is 3.75. The maximum atomic E-state index is 12.1. The van der Waals surface area contributed by atoms with E-state index in [1.54, 1.807) is 41.6 Å². The summed E-state index contributed by atoms with van der Waals surface area (Å²) in [5, 5.41) is 18.4. The molecule has 132 valence electrons. The quantitative estimate of drug-likeness (QED) is 0.570. The molecular formula is C19H15N7O. The minimum Gasteiger partial charge on any atom is -0.339 e. The Hall–Kier alpha value is -4.07. The van der Waals surface area contributed by atoms with Gasteiger partial charge in [-0.1, -0.05) is 0 Å². The maximum absolute atomic E-state index is 12.1. The predicted molar refractivity (Wildman–Crippen MR) is 101 cm³/mol. The van der Waals surface area contributed by atoms with Crippen molar-refractivity contribution in [3.63, 3.8) is 0 Å². The van der Waals surface area contributed by atoms with Crippen LogP contribution < -0.4 is 10.6 Å². The number of carbonyl (C=O) groups excluding carboxylic acids is 1. The fourth-order valence-electron chi connectivity index (χ4n) is 2.41. The molecule has 0 unspecified atom stereocenters. The van der Waals surface area contributed by atoms with Crippen LogP contribution in [0.1, 0.15) is 10.4 Å². The van der Waals surface area contributed by atoms with Crippen molar-refractivity contribution in [3.05, 3.63) is 84.9 Å². The molecule has 0 saturated carbocycles. The average molecular weight is 357 g/mol. The van der Waals surface area contributed by atoms with Crippen molar-refractivity contribution >= 4 is 23.1 Å². The zero-order valence-electron chi connectivity index (χ0n) is 14.1. The summed E-state index contributed by atoms with van der Waals surface area (Å²) in [5.74, 6) is 1.07. The molecule has 4 aromatic rings. The molecule has 0 bridgehead atoms. The summed E-state index contributed by atoms with van der Waals surface area (Å²) < 4.78 is 1.64. The van der Waals surface area contributed by atoms with Crippen LogP contribution in [0.5, 0.6) is 0 Å². The van der Waals surface area contributed by atoms with Crippen LogP contribution >= 0.6 is 0 Å². The number of hydrogen-bond acceptors (Lipinski definition) is 6. The first-order valence-corrected chi connectivity index (χ1v) is 8.20. The molecule has 3 aromatic heterocycles. The third kappa shape index (κ3) is 3.96. The first kappa shape index (κ1) is 16.4. The summed E-state index contributed by atoms with van der Waals surface area (Å²) in [5.41, 5.74) is 2.08. The molecule has 3 heterocycles. The van der Waals surface area contributed by atoms with E-state index in [9.17, 15) is 4.79 Å². The molecule has 0 aliphatic heterocycles. The Bertz CT molecular complexity index is 1010. The molecule has 2 N–H and O–H groups in total. The van der Waals surface area contributed by atoms with Gasteiger partial charge in [-0.25, -0.2) is 4.68 Å². The fraction of sp³-hybridized carbons (Fsp3) is 0. The number of aromatic nitrogens is 5. The van der Waals surface area contributed by atoms with Crippen LogP contribution in [0.2, 0.25) is 0 Å². The van der Waals surface area contributed by atoms with Crippen LogP contribution in [-0.4, -0.2) is 30.9 Å². The smallest absolute Gasteiger partial charge is 0.255 e. The first-order chi connectivity index (χ1) is 13.3. The summed E-state index contributed by atoms with van der Waals surface area (Å²) in [6.07, 6.45) is 6.65. The molecule has 0 aliphatic rings. The van der Waals surface area contributed by atoms with Crippen LogP contribution in [0.15, 0.2) is 79.4 Å². The van der Waals surface area contributed by atoms with Gasteiger partial charge in [0.25, 0.3) is 5.91 Å². The van der Waals surface area contributed by atoms with E-state index in [1.807, 2.05) is 42.5 Å². The molecule has 8 nitrogen and oxygen atoms in total. The highest BCUT2D eigenvalue weighted by Crippen LogP contribution is 2.18. The van der Waals surface area contributed by atoms with Crippen LogP contribution in [0.25, 0.3) is 5.82 Å². The first-order valence-electron chi connectivity index (χ1n) is 8.20. The predicted octanol–water partition coefficient (Wildman–Crippen LogP) is 3.05. The second-order valence-electron chi connectivity index (χ2n) is 5.62. The molecule has 0 atom stereocenters. The monoisotopic (exact) mass is 357 g/mol. The molecule has 27 heavy (non-hydrogen) atoms. The zero-order valence-corrected chi connectivity index (χ0v) is 14.1. The molecule has 0 fully saturated rings. The summed E-state index contributed by atoms with van der Waals surface area (Å²) >= 11 is 0. The molecule has 0 saturated heterocycles. The second-order valence-corrected chi connectivity index (χ2v) is 5.62. The molecule has 0 aliphatic carbocycles.